The fourth-order valence-corrected chi connectivity index (χ4v) is 10.2. The number of pyridine rings is 1. The van der Waals surface area contributed by atoms with Gasteiger partial charge in [-0.3, -0.25) is 4.57 Å². The van der Waals surface area contributed by atoms with Gasteiger partial charge in [-0.05, 0) is 97.5 Å². The molecule has 0 saturated carbocycles. The van der Waals surface area contributed by atoms with Gasteiger partial charge in [-0.1, -0.05) is 210 Å². The second-order valence-corrected chi connectivity index (χ2v) is 19.5. The number of benzene rings is 9. The number of fused-ring (bicyclic) bond motifs is 4. The van der Waals surface area contributed by atoms with E-state index in [1.165, 1.54) is 11.1 Å². The number of rotatable bonds is 12. The normalized spacial score (nSPS) is 13.5. The fourth-order valence-electron chi connectivity index (χ4n) is 10.2. The van der Waals surface area contributed by atoms with Crippen LogP contribution in [0.25, 0.3) is 94.5 Å². The van der Waals surface area contributed by atoms with Crippen molar-refractivity contribution in [3.63, 3.8) is 0 Å². The Hall–Kier alpha value is -8.11. The zero-order chi connectivity index (χ0) is 59.0. The van der Waals surface area contributed by atoms with Gasteiger partial charge in [0.15, 0.2) is 0 Å². The van der Waals surface area contributed by atoms with Crippen LogP contribution in [-0.2, 0) is 26.5 Å². The molecule has 0 atom stereocenters. The van der Waals surface area contributed by atoms with E-state index in [1.54, 1.807) is 33.4 Å². The third-order valence-electron chi connectivity index (χ3n) is 14.0. The summed E-state index contributed by atoms with van der Waals surface area (Å²) in [6.07, 6.45) is 7.36. The Balaban J connectivity index is 0.00000752. The molecule has 75 heavy (non-hydrogen) atoms. The number of imidazole rings is 1. The van der Waals surface area contributed by atoms with Gasteiger partial charge in [0.1, 0.15) is 5.82 Å². The molecule has 0 fully saturated rings. The molecule has 12 aromatic rings. The van der Waals surface area contributed by atoms with Crippen LogP contribution in [0, 0.1) is 18.5 Å². The van der Waals surface area contributed by atoms with Gasteiger partial charge in [0.05, 0.1) is 30.4 Å². The quantitative estimate of drug-likeness (QED) is 0.0903. The zero-order valence-corrected chi connectivity index (χ0v) is 44.3. The smallest absolute Gasteiger partial charge is 0.268 e. The molecule has 9 aromatic carbocycles. The molecule has 0 radical (unpaired) electrons. The average Bonchev–Trinajstić information content (AvgIpc) is 1.97. The predicted octanol–water partition coefficient (Wildman–Crippen LogP) is 17.5. The predicted molar refractivity (Wildman–Crippen MR) is 304 cm³/mol. The third-order valence-corrected chi connectivity index (χ3v) is 14.0. The van der Waals surface area contributed by atoms with Crippen molar-refractivity contribution in [2.45, 2.75) is 58.8 Å². The van der Waals surface area contributed by atoms with Crippen LogP contribution in [0.3, 0.4) is 0 Å². The Bertz CT molecular complexity index is 4460. The molecular weight excluding hydrogens is 1100 g/mol. The van der Waals surface area contributed by atoms with Gasteiger partial charge in [0, 0.05) is 49.8 Å². The van der Waals surface area contributed by atoms with Crippen molar-refractivity contribution < 1.29 is 44.1 Å². The molecule has 0 amide bonds. The third kappa shape index (κ3) is 9.32. The van der Waals surface area contributed by atoms with Crippen molar-refractivity contribution in [2.75, 3.05) is 0 Å². The number of hydrogen-bond donors (Lipinski definition) is 0. The molecule has 0 N–H and O–H groups in total. The summed E-state index contributed by atoms with van der Waals surface area (Å²) in [5.41, 5.74) is 10.4. The minimum atomic E-state index is -0.574. The molecule has 0 saturated heterocycles. The molecule has 5 nitrogen and oxygen atoms in total. The first kappa shape index (κ1) is 38.5. The Morgan fingerprint density at radius 3 is 1.93 bits per heavy atom. The van der Waals surface area contributed by atoms with Crippen molar-refractivity contribution >= 4 is 32.8 Å². The molecule has 6 heteroatoms. The van der Waals surface area contributed by atoms with Crippen LogP contribution < -0.4 is 9.30 Å². The van der Waals surface area contributed by atoms with Gasteiger partial charge in [0.2, 0.25) is 0 Å². The van der Waals surface area contributed by atoms with E-state index in [4.69, 9.17) is 23.4 Å². The van der Waals surface area contributed by atoms with E-state index in [-0.39, 0.29) is 60.3 Å². The van der Waals surface area contributed by atoms with Crippen LogP contribution in [0.4, 0.5) is 0 Å². The molecule has 12 rings (SSSR count). The summed E-state index contributed by atoms with van der Waals surface area (Å²) < 4.78 is 100.0. The second kappa shape index (κ2) is 20.7. The molecule has 0 bridgehead atoms. The van der Waals surface area contributed by atoms with Gasteiger partial charge >= 0.3 is 0 Å². The molecule has 0 aliphatic carbocycles. The molecule has 0 aliphatic heterocycles. The average molecular weight is 1160 g/mol. The summed E-state index contributed by atoms with van der Waals surface area (Å²) in [6, 6.07) is 51.3. The Morgan fingerprint density at radius 1 is 0.587 bits per heavy atom. The largest absolute Gasteiger partial charge is 0.510 e. The zero-order valence-electron chi connectivity index (χ0n) is 52.0. The number of para-hydroxylation sites is 3. The van der Waals surface area contributed by atoms with Crippen LogP contribution in [-0.4, -0.2) is 14.1 Å². The monoisotopic (exact) mass is 1160 g/mol. The molecule has 0 unspecified atom stereocenters. The van der Waals surface area contributed by atoms with E-state index >= 15 is 0 Å². The maximum Gasteiger partial charge on any atom is 0.268 e. The van der Waals surface area contributed by atoms with Crippen molar-refractivity contribution in [3.8, 4) is 73.2 Å². The standard InChI is InChI=1S/C69H56N4O.Pt/c1-6-47(7-2)60-44-67(70-45-62(60)51-33-36-53(37-34-51)69(3,4)5)73-63-40-35-52(48-21-11-8-12-22-48)41-61(63)59-39-38-56(43-66(59)73)74-55-28-19-27-54(42-55)71-46-72(65-32-18-17-31-64(65)71)68-57(49-23-13-9-14-24-49)29-20-30-58(68)50-25-15-10-16-26-50;/h8-41,44-45,47H,6-7H2,1-5H3;/q-2;/i9D,10D,13D,14D,15D,16D,23D,24D,25D,26D;. The Kier molecular flexibility index (Phi) is 10.6. The van der Waals surface area contributed by atoms with E-state index in [1.807, 2.05) is 66.9 Å². The van der Waals surface area contributed by atoms with Gasteiger partial charge in [0.25, 0.3) is 6.33 Å². The van der Waals surface area contributed by atoms with Crippen molar-refractivity contribution in [1.82, 2.24) is 14.1 Å². The first-order chi connectivity index (χ1) is 40.4. The molecule has 370 valence electrons. The Morgan fingerprint density at radius 2 is 1.24 bits per heavy atom. The van der Waals surface area contributed by atoms with Crippen LogP contribution in [0.5, 0.6) is 11.5 Å². The van der Waals surface area contributed by atoms with Crippen LogP contribution in [0.2, 0.25) is 0 Å². The minimum Gasteiger partial charge on any atom is -0.510 e. The van der Waals surface area contributed by atoms with Gasteiger partial charge < -0.3 is 13.9 Å². The summed E-state index contributed by atoms with van der Waals surface area (Å²) in [5, 5.41) is 1.99. The minimum absolute atomic E-state index is 0. The fraction of sp³-hybridized carbons (Fsp3) is 0.130. The number of nitrogens with zero attached hydrogens (tertiary/aromatic N) is 4. The van der Waals surface area contributed by atoms with E-state index in [0.717, 1.165) is 62.7 Å². The summed E-state index contributed by atoms with van der Waals surface area (Å²) in [5.74, 6) is 1.81. The van der Waals surface area contributed by atoms with Gasteiger partial charge in [-0.2, -0.15) is 18.2 Å². The van der Waals surface area contributed by atoms with E-state index in [9.17, 15) is 0 Å². The van der Waals surface area contributed by atoms with Crippen molar-refractivity contribution in [2.24, 2.45) is 0 Å². The maximum absolute atomic E-state index is 9.09. The summed E-state index contributed by atoms with van der Waals surface area (Å²) in [7, 11) is 0. The number of ether oxygens (including phenoxy) is 1. The topological polar surface area (TPSA) is 35.9 Å². The van der Waals surface area contributed by atoms with Crippen molar-refractivity contribution in [3.05, 3.63) is 248 Å². The molecular formula is C69H56N4OPt-2. The van der Waals surface area contributed by atoms with Crippen LogP contribution >= 0.6 is 0 Å². The Labute approximate surface area is 468 Å². The van der Waals surface area contributed by atoms with Gasteiger partial charge in [-0.15, -0.1) is 29.7 Å². The first-order valence-corrected chi connectivity index (χ1v) is 25.0. The van der Waals surface area contributed by atoms with E-state index in [2.05, 4.69) is 124 Å². The second-order valence-electron chi connectivity index (χ2n) is 19.5. The van der Waals surface area contributed by atoms with E-state index in [0.29, 0.717) is 28.2 Å². The molecule has 3 aromatic heterocycles. The number of aromatic nitrogens is 4. The number of hydrogen-bond acceptors (Lipinski definition) is 2. The molecule has 0 aliphatic rings. The SMILES string of the molecule is [2H]c1c([2H])c([2H])c(-c2cccc(-c3c([2H])c([2H])c([2H])c([2H])c3[2H])c2-[n+]2[c-]n(-c3[c-]c(Oc4[c-]c5c(cc4)c4cc(-c6ccccc6)ccc4n5-c4cc(C(CC)CC)c(-c5ccc(C(C)(C)C)cc5)cn4)ccc3)c3ccccc32)c([2H])c1[2H].[Pt]. The first-order valence-electron chi connectivity index (χ1n) is 30.0. The van der Waals surface area contributed by atoms with Crippen LogP contribution in [0.15, 0.2) is 218 Å². The maximum atomic E-state index is 9.09. The van der Waals surface area contributed by atoms with E-state index < -0.39 is 60.4 Å². The van der Waals surface area contributed by atoms with Gasteiger partial charge in [-0.25, -0.2) is 4.98 Å². The summed E-state index contributed by atoms with van der Waals surface area (Å²) >= 11 is 0. The van der Waals surface area contributed by atoms with Crippen LogP contribution in [0.1, 0.15) is 78.2 Å². The summed E-state index contributed by atoms with van der Waals surface area (Å²) in [6.45, 7) is 11.2. The summed E-state index contributed by atoms with van der Waals surface area (Å²) in [4.78, 5) is 5.26. The molecule has 3 heterocycles. The van der Waals surface area contributed by atoms with Crippen molar-refractivity contribution in [1.29, 1.82) is 0 Å². The molecule has 0 spiro atoms.